The number of aromatic hydroxyl groups is 1. The van der Waals surface area contributed by atoms with E-state index in [0.717, 1.165) is 27.9 Å². The Morgan fingerprint density at radius 1 is 1.17 bits per heavy atom. The zero-order chi connectivity index (χ0) is 21.1. The topological polar surface area (TPSA) is 104 Å². The standard InChI is InChI=1S/C21H20FN3O4/c1-12-6-7-13(2)16(8-12)17(11-20(27)28)23-21(29)18-10-19(26)25(24-18)15-5-3-4-14(22)9-15/h3-10,17,26H,11H2,1-2H3,(H,23,29)(H,27,28). The molecule has 1 amide bonds. The summed E-state index contributed by atoms with van der Waals surface area (Å²) in [6.45, 7) is 3.71. The minimum absolute atomic E-state index is 0.118. The summed E-state index contributed by atoms with van der Waals surface area (Å²) in [6, 6.07) is 11.3. The summed E-state index contributed by atoms with van der Waals surface area (Å²) in [6.07, 6.45) is -0.313. The number of halogens is 1. The highest BCUT2D eigenvalue weighted by Gasteiger charge is 2.23. The Labute approximate surface area is 166 Å². The van der Waals surface area contributed by atoms with Gasteiger partial charge >= 0.3 is 5.97 Å². The van der Waals surface area contributed by atoms with Crippen LogP contribution in [0.3, 0.4) is 0 Å². The zero-order valence-corrected chi connectivity index (χ0v) is 15.9. The van der Waals surface area contributed by atoms with Crippen molar-refractivity contribution in [2.45, 2.75) is 26.3 Å². The van der Waals surface area contributed by atoms with Crippen molar-refractivity contribution >= 4 is 11.9 Å². The molecule has 0 radical (unpaired) electrons. The van der Waals surface area contributed by atoms with E-state index in [1.807, 2.05) is 32.0 Å². The van der Waals surface area contributed by atoms with Gasteiger partial charge < -0.3 is 15.5 Å². The molecular weight excluding hydrogens is 377 g/mol. The van der Waals surface area contributed by atoms with E-state index in [1.165, 1.54) is 18.2 Å². The van der Waals surface area contributed by atoms with Crippen molar-refractivity contribution in [1.82, 2.24) is 15.1 Å². The maximum absolute atomic E-state index is 13.4. The number of hydrogen-bond donors (Lipinski definition) is 3. The number of benzene rings is 2. The van der Waals surface area contributed by atoms with E-state index in [9.17, 15) is 24.2 Å². The third kappa shape index (κ3) is 4.60. The molecule has 0 saturated carbocycles. The molecule has 0 aliphatic heterocycles. The maximum atomic E-state index is 13.4. The van der Waals surface area contributed by atoms with E-state index in [0.29, 0.717) is 5.56 Å². The van der Waals surface area contributed by atoms with Gasteiger partial charge in [0, 0.05) is 6.07 Å². The maximum Gasteiger partial charge on any atom is 0.305 e. The van der Waals surface area contributed by atoms with E-state index in [-0.39, 0.29) is 23.7 Å². The van der Waals surface area contributed by atoms with E-state index in [4.69, 9.17) is 0 Å². The first-order chi connectivity index (χ1) is 13.7. The molecule has 0 aliphatic carbocycles. The number of rotatable bonds is 6. The first kappa shape index (κ1) is 20.1. The summed E-state index contributed by atoms with van der Waals surface area (Å²) in [5.74, 6) is -2.57. The number of nitrogens with one attached hydrogen (secondary N) is 1. The molecule has 7 nitrogen and oxygen atoms in total. The van der Waals surface area contributed by atoms with Crippen LogP contribution in [0, 0.1) is 19.7 Å². The molecule has 29 heavy (non-hydrogen) atoms. The molecule has 8 heteroatoms. The molecule has 3 N–H and O–H groups in total. The summed E-state index contributed by atoms with van der Waals surface area (Å²) in [7, 11) is 0. The number of nitrogens with zero attached hydrogens (tertiary/aromatic N) is 2. The first-order valence-electron chi connectivity index (χ1n) is 8.89. The summed E-state index contributed by atoms with van der Waals surface area (Å²) in [4.78, 5) is 24.0. The molecule has 3 aromatic rings. The normalized spacial score (nSPS) is 11.8. The van der Waals surface area contributed by atoms with E-state index < -0.39 is 23.7 Å². The average Bonchev–Trinajstić information content (AvgIpc) is 3.05. The summed E-state index contributed by atoms with van der Waals surface area (Å²) >= 11 is 0. The molecule has 1 atom stereocenters. The fraction of sp³-hybridized carbons (Fsp3) is 0.190. The molecule has 1 heterocycles. The summed E-state index contributed by atoms with van der Waals surface area (Å²) < 4.78 is 14.5. The molecule has 0 aliphatic rings. The smallest absolute Gasteiger partial charge is 0.305 e. The highest BCUT2D eigenvalue weighted by Crippen LogP contribution is 2.24. The molecule has 0 bridgehead atoms. The van der Waals surface area contributed by atoms with E-state index in [2.05, 4.69) is 10.4 Å². The predicted octanol–water partition coefficient (Wildman–Crippen LogP) is 3.28. The Balaban J connectivity index is 1.89. The molecule has 0 spiro atoms. The number of amides is 1. The van der Waals surface area contributed by atoms with Gasteiger partial charge in [-0.2, -0.15) is 5.10 Å². The fourth-order valence-corrected chi connectivity index (χ4v) is 3.06. The van der Waals surface area contributed by atoms with Gasteiger partial charge in [-0.3, -0.25) is 9.59 Å². The number of aromatic nitrogens is 2. The quantitative estimate of drug-likeness (QED) is 0.592. The van der Waals surface area contributed by atoms with Crippen molar-refractivity contribution in [1.29, 1.82) is 0 Å². The third-order valence-electron chi connectivity index (χ3n) is 4.47. The first-order valence-corrected chi connectivity index (χ1v) is 8.89. The number of carbonyl (C=O) groups is 2. The van der Waals surface area contributed by atoms with Crippen molar-refractivity contribution in [2.75, 3.05) is 0 Å². The molecule has 150 valence electrons. The van der Waals surface area contributed by atoms with Crippen LogP contribution in [0.5, 0.6) is 5.88 Å². The fourth-order valence-electron chi connectivity index (χ4n) is 3.06. The van der Waals surface area contributed by atoms with Gasteiger partial charge in [-0.05, 0) is 43.2 Å². The van der Waals surface area contributed by atoms with Crippen molar-refractivity contribution < 1.29 is 24.2 Å². The van der Waals surface area contributed by atoms with E-state index in [1.54, 1.807) is 0 Å². The minimum Gasteiger partial charge on any atom is -0.493 e. The number of carboxylic acid groups (broad SMARTS) is 1. The molecule has 1 aromatic heterocycles. The minimum atomic E-state index is -1.07. The molecule has 0 saturated heterocycles. The highest BCUT2D eigenvalue weighted by atomic mass is 19.1. The predicted molar refractivity (Wildman–Crippen MR) is 104 cm³/mol. The van der Waals surface area contributed by atoms with Crippen molar-refractivity contribution in [3.8, 4) is 11.6 Å². The lowest BCUT2D eigenvalue weighted by atomic mass is 9.96. The van der Waals surface area contributed by atoms with Crippen molar-refractivity contribution in [2.24, 2.45) is 0 Å². The zero-order valence-electron chi connectivity index (χ0n) is 15.9. The second kappa shape index (κ2) is 8.14. The van der Waals surface area contributed by atoms with E-state index >= 15 is 0 Å². The van der Waals surface area contributed by atoms with Gasteiger partial charge in [-0.25, -0.2) is 9.07 Å². The van der Waals surface area contributed by atoms with Gasteiger partial charge in [-0.15, -0.1) is 0 Å². The van der Waals surface area contributed by atoms with Gasteiger partial charge in [-0.1, -0.05) is 29.8 Å². The van der Waals surface area contributed by atoms with Crippen LogP contribution in [0.25, 0.3) is 5.69 Å². The van der Waals surface area contributed by atoms with Crippen LogP contribution < -0.4 is 5.32 Å². The second-order valence-electron chi connectivity index (χ2n) is 6.76. The molecular formula is C21H20FN3O4. The van der Waals surface area contributed by atoms with Gasteiger partial charge in [0.15, 0.2) is 5.69 Å². The van der Waals surface area contributed by atoms with Crippen LogP contribution in [-0.2, 0) is 4.79 Å². The number of aliphatic carboxylic acids is 1. The monoisotopic (exact) mass is 397 g/mol. The van der Waals surface area contributed by atoms with Gasteiger partial charge in [0.2, 0.25) is 5.88 Å². The van der Waals surface area contributed by atoms with Crippen LogP contribution in [-0.4, -0.2) is 31.9 Å². The Morgan fingerprint density at radius 3 is 2.62 bits per heavy atom. The second-order valence-corrected chi connectivity index (χ2v) is 6.76. The van der Waals surface area contributed by atoms with Crippen LogP contribution in [0.4, 0.5) is 4.39 Å². The van der Waals surface area contributed by atoms with Crippen LogP contribution in [0.15, 0.2) is 48.5 Å². The van der Waals surface area contributed by atoms with Crippen molar-refractivity contribution in [3.05, 3.63) is 76.7 Å². The van der Waals surface area contributed by atoms with Crippen LogP contribution in [0.1, 0.15) is 39.6 Å². The van der Waals surface area contributed by atoms with Crippen molar-refractivity contribution in [3.63, 3.8) is 0 Å². The lowest BCUT2D eigenvalue weighted by Crippen LogP contribution is -2.31. The van der Waals surface area contributed by atoms with Crippen LogP contribution >= 0.6 is 0 Å². The summed E-state index contributed by atoms with van der Waals surface area (Å²) in [5.41, 5.74) is 2.60. The number of carboxylic acids is 1. The number of aryl methyl sites for hydroxylation is 2. The highest BCUT2D eigenvalue weighted by molar-refractivity contribution is 5.93. The Kier molecular flexibility index (Phi) is 5.63. The summed E-state index contributed by atoms with van der Waals surface area (Å²) in [5, 5.41) is 26.1. The molecule has 3 rings (SSSR count). The Bertz CT molecular complexity index is 1080. The lowest BCUT2D eigenvalue weighted by molar-refractivity contribution is -0.137. The van der Waals surface area contributed by atoms with Crippen LogP contribution in [0.2, 0.25) is 0 Å². The Hall–Kier alpha value is -3.68. The molecule has 2 aromatic carbocycles. The largest absolute Gasteiger partial charge is 0.493 e. The SMILES string of the molecule is Cc1ccc(C)c(C(CC(=O)O)NC(=O)c2cc(O)n(-c3cccc(F)c3)n2)c1. The Morgan fingerprint density at radius 2 is 1.93 bits per heavy atom. The third-order valence-corrected chi connectivity index (χ3v) is 4.47. The van der Waals surface area contributed by atoms with Gasteiger partial charge in [0.25, 0.3) is 5.91 Å². The van der Waals surface area contributed by atoms with Gasteiger partial charge in [0.1, 0.15) is 5.82 Å². The number of hydrogen-bond acceptors (Lipinski definition) is 4. The van der Waals surface area contributed by atoms with Gasteiger partial charge in [0.05, 0.1) is 18.2 Å². The lowest BCUT2D eigenvalue weighted by Gasteiger charge is -2.19. The molecule has 0 fully saturated rings. The molecule has 1 unspecified atom stereocenters. The number of carbonyl (C=O) groups excluding carboxylic acids is 1. The average molecular weight is 397 g/mol.